The normalized spacial score (nSPS) is 29.6. The van der Waals surface area contributed by atoms with Crippen LogP contribution >= 0.6 is 0 Å². The smallest absolute Gasteiger partial charge is 0.0695 e. The van der Waals surface area contributed by atoms with E-state index in [-0.39, 0.29) is 5.41 Å². The molecule has 1 nitrogen and oxygen atoms in total. The molecule has 0 radical (unpaired) electrons. The van der Waals surface area contributed by atoms with Gasteiger partial charge >= 0.3 is 0 Å². The molecule has 1 N–H and O–H groups in total. The van der Waals surface area contributed by atoms with Crippen LogP contribution < -0.4 is 0 Å². The minimum atomic E-state index is -0.527. The Morgan fingerprint density at radius 2 is 1.75 bits per heavy atom. The van der Waals surface area contributed by atoms with Crippen LogP contribution in [-0.2, 0) is 6.42 Å². The summed E-state index contributed by atoms with van der Waals surface area (Å²) in [7, 11) is 0. The summed E-state index contributed by atoms with van der Waals surface area (Å²) in [6.07, 6.45) is 3.86. The highest BCUT2D eigenvalue weighted by Crippen LogP contribution is 2.45. The third-order valence-corrected chi connectivity index (χ3v) is 4.62. The average Bonchev–Trinajstić information content (AvgIpc) is 2.25. The van der Waals surface area contributed by atoms with Crippen LogP contribution in [0.2, 0.25) is 0 Å². The zero-order valence-electron chi connectivity index (χ0n) is 13.7. The van der Waals surface area contributed by atoms with E-state index in [2.05, 4.69) is 58.9 Å². The predicted molar refractivity (Wildman–Crippen MR) is 86.0 cm³/mol. The molecular weight excluding hydrogens is 244 g/mol. The molecule has 0 heterocycles. The summed E-state index contributed by atoms with van der Waals surface area (Å²) >= 11 is 0. The molecule has 2 rings (SSSR count). The molecule has 112 valence electrons. The molecule has 1 saturated carbocycles. The van der Waals surface area contributed by atoms with E-state index >= 15 is 0 Å². The fourth-order valence-electron chi connectivity index (χ4n) is 4.23. The fraction of sp³-hybridized carbons (Fsp3) is 0.684. The van der Waals surface area contributed by atoms with Crippen LogP contribution in [0, 0.1) is 11.3 Å². The zero-order chi connectivity index (χ0) is 15.0. The molecule has 1 aliphatic rings. The lowest BCUT2D eigenvalue weighted by molar-refractivity contribution is -0.0574. The fourth-order valence-corrected chi connectivity index (χ4v) is 4.23. The molecule has 20 heavy (non-hydrogen) atoms. The lowest BCUT2D eigenvalue weighted by atomic mass is 9.64. The lowest BCUT2D eigenvalue weighted by Gasteiger charge is -2.44. The molecule has 1 heteroatoms. The Bertz CT molecular complexity index is 443. The molecular formula is C19H30O. The van der Waals surface area contributed by atoms with Crippen molar-refractivity contribution >= 4 is 0 Å². The first-order chi connectivity index (χ1) is 9.19. The number of aliphatic hydroxyl groups is 1. The second-order valence-corrected chi connectivity index (χ2v) is 8.15. The van der Waals surface area contributed by atoms with Gasteiger partial charge in [0.15, 0.2) is 0 Å². The molecule has 0 amide bonds. The van der Waals surface area contributed by atoms with Crippen molar-refractivity contribution in [3.63, 3.8) is 0 Å². The molecule has 2 unspecified atom stereocenters. The Labute approximate surface area is 124 Å². The highest BCUT2D eigenvalue weighted by molar-refractivity contribution is 5.26. The number of rotatable bonds is 3. The quantitative estimate of drug-likeness (QED) is 0.828. The van der Waals surface area contributed by atoms with Gasteiger partial charge in [-0.05, 0) is 47.6 Å². The largest absolute Gasteiger partial charge is 0.390 e. The van der Waals surface area contributed by atoms with Gasteiger partial charge in [-0.1, -0.05) is 58.9 Å². The van der Waals surface area contributed by atoms with Crippen molar-refractivity contribution in [1.82, 2.24) is 0 Å². The van der Waals surface area contributed by atoms with Gasteiger partial charge in [-0.25, -0.2) is 0 Å². The van der Waals surface area contributed by atoms with E-state index in [0.717, 1.165) is 19.3 Å². The van der Waals surface area contributed by atoms with Gasteiger partial charge in [0, 0.05) is 6.42 Å². The number of hydrogen-bond donors (Lipinski definition) is 1. The summed E-state index contributed by atoms with van der Waals surface area (Å²) < 4.78 is 0. The van der Waals surface area contributed by atoms with Gasteiger partial charge in [0.2, 0.25) is 0 Å². The molecule has 2 atom stereocenters. The van der Waals surface area contributed by atoms with Gasteiger partial charge in [0.1, 0.15) is 0 Å². The molecule has 0 aliphatic heterocycles. The predicted octanol–water partition coefficient (Wildman–Crippen LogP) is 4.93. The van der Waals surface area contributed by atoms with Crippen LogP contribution in [0.5, 0.6) is 0 Å². The van der Waals surface area contributed by atoms with Crippen LogP contribution in [0.25, 0.3) is 0 Å². The summed E-state index contributed by atoms with van der Waals surface area (Å²) in [5.41, 5.74) is 2.37. The Morgan fingerprint density at radius 1 is 1.15 bits per heavy atom. The van der Waals surface area contributed by atoms with E-state index in [1.165, 1.54) is 17.5 Å². The van der Waals surface area contributed by atoms with Crippen LogP contribution in [0.4, 0.5) is 0 Å². The topological polar surface area (TPSA) is 20.2 Å². The van der Waals surface area contributed by atoms with Gasteiger partial charge in [0.25, 0.3) is 0 Å². The molecule has 0 bridgehead atoms. The number of hydrogen-bond acceptors (Lipinski definition) is 1. The van der Waals surface area contributed by atoms with E-state index < -0.39 is 5.60 Å². The third-order valence-electron chi connectivity index (χ3n) is 4.62. The molecule has 0 aromatic heterocycles. The maximum Gasteiger partial charge on any atom is 0.0695 e. The van der Waals surface area contributed by atoms with Crippen LogP contribution in [-0.4, -0.2) is 10.7 Å². The van der Waals surface area contributed by atoms with Gasteiger partial charge in [0.05, 0.1) is 5.60 Å². The van der Waals surface area contributed by atoms with Crippen molar-refractivity contribution in [2.75, 3.05) is 0 Å². The van der Waals surface area contributed by atoms with Crippen molar-refractivity contribution in [3.05, 3.63) is 35.4 Å². The minimum Gasteiger partial charge on any atom is -0.390 e. The van der Waals surface area contributed by atoms with E-state index in [9.17, 15) is 5.11 Å². The molecule has 1 aromatic carbocycles. The summed E-state index contributed by atoms with van der Waals surface area (Å²) in [6.45, 7) is 11.3. The monoisotopic (exact) mass is 274 g/mol. The maximum atomic E-state index is 11.0. The van der Waals surface area contributed by atoms with Gasteiger partial charge in [-0.3, -0.25) is 0 Å². The van der Waals surface area contributed by atoms with E-state index in [1.54, 1.807) is 0 Å². The third kappa shape index (κ3) is 3.85. The van der Waals surface area contributed by atoms with Crippen molar-refractivity contribution in [1.29, 1.82) is 0 Å². The Kier molecular flexibility index (Phi) is 4.30. The number of benzene rings is 1. The minimum absolute atomic E-state index is 0.254. The van der Waals surface area contributed by atoms with Crippen LogP contribution in [0.3, 0.4) is 0 Å². The van der Waals surface area contributed by atoms with Crippen molar-refractivity contribution in [3.8, 4) is 0 Å². The van der Waals surface area contributed by atoms with Crippen LogP contribution in [0.15, 0.2) is 24.3 Å². The average molecular weight is 274 g/mol. The molecule has 1 aromatic rings. The molecule has 0 saturated heterocycles. The Morgan fingerprint density at radius 3 is 2.25 bits per heavy atom. The summed E-state index contributed by atoms with van der Waals surface area (Å²) in [5.74, 6) is 1.18. The van der Waals surface area contributed by atoms with E-state index in [4.69, 9.17) is 0 Å². The summed E-state index contributed by atoms with van der Waals surface area (Å²) in [6, 6.07) is 8.81. The first kappa shape index (κ1) is 15.6. The standard InChI is InChI=1S/C19H30O/c1-14(2)17-8-6-16(7-9-17)12-19(20)11-15(3)10-18(4,5)13-19/h6-9,14-15,20H,10-13H2,1-5H3. The maximum absolute atomic E-state index is 11.0. The second-order valence-electron chi connectivity index (χ2n) is 8.15. The summed E-state index contributed by atoms with van der Waals surface area (Å²) in [5, 5.41) is 11.0. The van der Waals surface area contributed by atoms with Gasteiger partial charge in [-0.15, -0.1) is 0 Å². The van der Waals surface area contributed by atoms with E-state index in [0.29, 0.717) is 11.8 Å². The Balaban J connectivity index is 2.11. The first-order valence-electron chi connectivity index (χ1n) is 8.00. The first-order valence-corrected chi connectivity index (χ1v) is 8.00. The van der Waals surface area contributed by atoms with Crippen molar-refractivity contribution < 1.29 is 5.11 Å². The SMILES string of the molecule is CC1CC(C)(C)CC(O)(Cc2ccc(C(C)C)cc2)C1. The molecule has 1 fully saturated rings. The molecule has 0 spiro atoms. The molecule has 1 aliphatic carbocycles. The summed E-state index contributed by atoms with van der Waals surface area (Å²) in [4.78, 5) is 0. The van der Waals surface area contributed by atoms with Gasteiger partial charge in [-0.2, -0.15) is 0 Å². The zero-order valence-corrected chi connectivity index (χ0v) is 13.7. The lowest BCUT2D eigenvalue weighted by Crippen LogP contribution is -2.43. The van der Waals surface area contributed by atoms with Crippen LogP contribution in [0.1, 0.15) is 70.9 Å². The van der Waals surface area contributed by atoms with E-state index in [1.807, 2.05) is 0 Å². The highest BCUT2D eigenvalue weighted by Gasteiger charge is 2.41. The van der Waals surface area contributed by atoms with Crippen molar-refractivity contribution in [2.45, 2.75) is 71.8 Å². The van der Waals surface area contributed by atoms with Gasteiger partial charge < -0.3 is 5.11 Å². The second kappa shape index (κ2) is 5.52. The highest BCUT2D eigenvalue weighted by atomic mass is 16.3. The Hall–Kier alpha value is -0.820. The van der Waals surface area contributed by atoms with Crippen molar-refractivity contribution in [2.24, 2.45) is 11.3 Å².